The summed E-state index contributed by atoms with van der Waals surface area (Å²) in [7, 11) is 0. The summed E-state index contributed by atoms with van der Waals surface area (Å²) in [5.74, 6) is 1.28. The molecule has 0 fully saturated rings. The van der Waals surface area contributed by atoms with Gasteiger partial charge in [0.2, 0.25) is 0 Å². The molecule has 0 aliphatic rings. The van der Waals surface area contributed by atoms with E-state index in [-0.39, 0.29) is 0 Å². The second-order valence-electron chi connectivity index (χ2n) is 3.31. The first-order valence-electron chi connectivity index (χ1n) is 4.81. The highest BCUT2D eigenvalue weighted by Gasteiger charge is 2.07. The normalized spacial score (nSPS) is 12.5. The Hall–Kier alpha value is 0.270. The van der Waals surface area contributed by atoms with Crippen LogP contribution in [0.1, 0.15) is 13.3 Å². The van der Waals surface area contributed by atoms with Crippen molar-refractivity contribution < 1.29 is 4.74 Å². The van der Waals surface area contributed by atoms with Crippen LogP contribution < -0.4 is 4.74 Å². The lowest BCUT2D eigenvalue weighted by Gasteiger charge is -2.13. The van der Waals surface area contributed by atoms with E-state index in [4.69, 9.17) is 16.3 Å². The van der Waals surface area contributed by atoms with Gasteiger partial charge in [-0.1, -0.05) is 50.4 Å². The predicted octanol–water partition coefficient (Wildman–Crippen LogP) is 4.90. The van der Waals surface area contributed by atoms with E-state index >= 15 is 0 Å². The third kappa shape index (κ3) is 4.33. The Labute approximate surface area is 112 Å². The monoisotopic (exact) mass is 354 g/mol. The second-order valence-corrected chi connectivity index (χ2v) is 5.28. The molecular formula is C11H13Br2ClO. The van der Waals surface area contributed by atoms with Gasteiger partial charge in [0.25, 0.3) is 0 Å². The number of rotatable bonds is 5. The first-order valence-corrected chi connectivity index (χ1v) is 7.10. The maximum Gasteiger partial charge on any atom is 0.137 e. The Kier molecular flexibility index (Phi) is 6.02. The van der Waals surface area contributed by atoms with Gasteiger partial charge in [0.15, 0.2) is 0 Å². The number of ether oxygens (including phenoxy) is 1. The Balaban J connectivity index is 2.57. The van der Waals surface area contributed by atoms with Gasteiger partial charge in [0.1, 0.15) is 5.75 Å². The van der Waals surface area contributed by atoms with Gasteiger partial charge in [0, 0.05) is 15.7 Å². The predicted molar refractivity (Wildman–Crippen MR) is 72.2 cm³/mol. The van der Waals surface area contributed by atoms with Crippen LogP contribution in [0, 0.1) is 5.92 Å². The van der Waals surface area contributed by atoms with Gasteiger partial charge >= 0.3 is 0 Å². The zero-order valence-corrected chi connectivity index (χ0v) is 12.4. The number of hydrogen-bond donors (Lipinski definition) is 0. The van der Waals surface area contributed by atoms with Crippen LogP contribution in [0.25, 0.3) is 0 Å². The van der Waals surface area contributed by atoms with Crippen LogP contribution in [0.4, 0.5) is 0 Å². The van der Waals surface area contributed by atoms with Crippen molar-refractivity contribution in [3.8, 4) is 5.75 Å². The molecule has 1 nitrogen and oxygen atoms in total. The van der Waals surface area contributed by atoms with E-state index in [9.17, 15) is 0 Å². The minimum absolute atomic E-state index is 0.532. The molecule has 0 saturated carbocycles. The zero-order valence-electron chi connectivity index (χ0n) is 8.47. The van der Waals surface area contributed by atoms with E-state index in [1.165, 1.54) is 0 Å². The minimum atomic E-state index is 0.532. The lowest BCUT2D eigenvalue weighted by Crippen LogP contribution is -2.12. The number of benzene rings is 1. The molecule has 0 aliphatic heterocycles. The average molecular weight is 356 g/mol. The van der Waals surface area contributed by atoms with Crippen molar-refractivity contribution in [1.29, 1.82) is 0 Å². The van der Waals surface area contributed by atoms with Crippen molar-refractivity contribution in [2.24, 2.45) is 5.92 Å². The van der Waals surface area contributed by atoms with Crippen LogP contribution >= 0.6 is 43.5 Å². The summed E-state index contributed by atoms with van der Waals surface area (Å²) >= 11 is 12.8. The Morgan fingerprint density at radius 2 is 2.20 bits per heavy atom. The van der Waals surface area contributed by atoms with Crippen molar-refractivity contribution in [3.05, 3.63) is 27.7 Å². The van der Waals surface area contributed by atoms with Crippen molar-refractivity contribution in [2.75, 3.05) is 11.9 Å². The van der Waals surface area contributed by atoms with E-state index < -0.39 is 0 Å². The van der Waals surface area contributed by atoms with Gasteiger partial charge in [0.05, 0.1) is 11.6 Å². The highest BCUT2D eigenvalue weighted by atomic mass is 79.9. The van der Waals surface area contributed by atoms with E-state index in [1.54, 1.807) is 0 Å². The third-order valence-corrected chi connectivity index (χ3v) is 3.87. The van der Waals surface area contributed by atoms with E-state index in [2.05, 4.69) is 38.8 Å². The maximum atomic E-state index is 6.03. The lowest BCUT2D eigenvalue weighted by atomic mass is 10.1. The lowest BCUT2D eigenvalue weighted by molar-refractivity contribution is 0.260. The fourth-order valence-electron chi connectivity index (χ4n) is 1.07. The van der Waals surface area contributed by atoms with Crippen molar-refractivity contribution >= 4 is 43.5 Å². The van der Waals surface area contributed by atoms with Gasteiger partial charge < -0.3 is 4.74 Å². The van der Waals surface area contributed by atoms with Gasteiger partial charge in [-0.15, -0.1) is 0 Å². The summed E-state index contributed by atoms with van der Waals surface area (Å²) < 4.78 is 6.62. The molecule has 0 bridgehead atoms. The zero-order chi connectivity index (χ0) is 11.3. The molecule has 1 atom stereocenters. The maximum absolute atomic E-state index is 6.03. The van der Waals surface area contributed by atoms with Crippen molar-refractivity contribution in [2.45, 2.75) is 13.3 Å². The van der Waals surface area contributed by atoms with E-state index in [1.807, 2.05) is 18.2 Å². The summed E-state index contributed by atoms with van der Waals surface area (Å²) in [6.07, 6.45) is 1.10. The molecule has 0 heterocycles. The fraction of sp³-hybridized carbons (Fsp3) is 0.455. The Bertz CT molecular complexity index is 313. The molecule has 0 aromatic heterocycles. The molecule has 4 heteroatoms. The first kappa shape index (κ1) is 13.3. The van der Waals surface area contributed by atoms with Crippen LogP contribution in [-0.4, -0.2) is 11.9 Å². The Morgan fingerprint density at radius 1 is 1.47 bits per heavy atom. The molecule has 0 amide bonds. The molecule has 0 spiro atoms. The topological polar surface area (TPSA) is 9.23 Å². The molecule has 0 aliphatic carbocycles. The molecule has 1 aromatic rings. The number of alkyl halides is 1. The van der Waals surface area contributed by atoms with Gasteiger partial charge in [-0.2, -0.15) is 0 Å². The average Bonchev–Trinajstić information content (AvgIpc) is 2.22. The van der Waals surface area contributed by atoms with E-state index in [0.29, 0.717) is 17.5 Å². The molecule has 0 saturated heterocycles. The summed E-state index contributed by atoms with van der Waals surface area (Å²) in [6, 6.07) is 5.65. The van der Waals surface area contributed by atoms with Crippen LogP contribution in [0.15, 0.2) is 22.7 Å². The van der Waals surface area contributed by atoms with Gasteiger partial charge in [-0.25, -0.2) is 0 Å². The second kappa shape index (κ2) is 6.77. The van der Waals surface area contributed by atoms with Gasteiger partial charge in [-0.3, -0.25) is 0 Å². The third-order valence-electron chi connectivity index (χ3n) is 2.16. The number of halogens is 3. The van der Waals surface area contributed by atoms with Crippen LogP contribution in [-0.2, 0) is 0 Å². The smallest absolute Gasteiger partial charge is 0.137 e. The summed E-state index contributed by atoms with van der Waals surface area (Å²) in [6.45, 7) is 2.85. The highest BCUT2D eigenvalue weighted by Crippen LogP contribution is 2.28. The van der Waals surface area contributed by atoms with E-state index in [0.717, 1.165) is 22.0 Å². The standard InChI is InChI=1S/C11H13Br2ClO/c1-2-8(6-12)7-15-11-4-3-9(13)5-10(11)14/h3-5,8H,2,6-7H2,1H3. The highest BCUT2D eigenvalue weighted by molar-refractivity contribution is 9.10. The quantitative estimate of drug-likeness (QED) is 0.682. The van der Waals surface area contributed by atoms with Crippen LogP contribution in [0.5, 0.6) is 5.75 Å². The Morgan fingerprint density at radius 3 is 2.73 bits per heavy atom. The first-order chi connectivity index (χ1) is 7.17. The molecule has 0 N–H and O–H groups in total. The van der Waals surface area contributed by atoms with Crippen molar-refractivity contribution in [3.63, 3.8) is 0 Å². The molecule has 1 aromatic carbocycles. The van der Waals surface area contributed by atoms with Crippen molar-refractivity contribution in [1.82, 2.24) is 0 Å². The molecule has 0 radical (unpaired) electrons. The molecular weight excluding hydrogens is 343 g/mol. The molecule has 15 heavy (non-hydrogen) atoms. The van der Waals surface area contributed by atoms with Crippen LogP contribution in [0.2, 0.25) is 5.02 Å². The van der Waals surface area contributed by atoms with Gasteiger partial charge in [-0.05, 0) is 24.6 Å². The molecule has 1 rings (SSSR count). The summed E-state index contributed by atoms with van der Waals surface area (Å²) in [5.41, 5.74) is 0. The molecule has 84 valence electrons. The van der Waals surface area contributed by atoms with Crippen LogP contribution in [0.3, 0.4) is 0 Å². The largest absolute Gasteiger partial charge is 0.492 e. The number of hydrogen-bond acceptors (Lipinski definition) is 1. The fourth-order valence-corrected chi connectivity index (χ4v) is 2.44. The minimum Gasteiger partial charge on any atom is -0.492 e. The SMILES string of the molecule is CCC(CBr)COc1ccc(Br)cc1Cl. The molecule has 1 unspecified atom stereocenters. The summed E-state index contributed by atoms with van der Waals surface area (Å²) in [4.78, 5) is 0. The summed E-state index contributed by atoms with van der Waals surface area (Å²) in [5, 5.41) is 1.60.